The van der Waals surface area contributed by atoms with Crippen molar-refractivity contribution in [1.82, 2.24) is 4.90 Å². The SMILES string of the molecule is CCC1CCN(CCC(C)C)[C@H](C)C1. The molecule has 0 bridgehead atoms. The summed E-state index contributed by atoms with van der Waals surface area (Å²) in [6.45, 7) is 12.0. The Kier molecular flexibility index (Phi) is 4.94. The molecule has 1 rings (SSSR count). The van der Waals surface area contributed by atoms with Gasteiger partial charge < -0.3 is 4.90 Å². The van der Waals surface area contributed by atoms with Crippen LogP contribution in [0.4, 0.5) is 0 Å². The minimum Gasteiger partial charge on any atom is -0.301 e. The minimum absolute atomic E-state index is 0.826. The Morgan fingerprint density at radius 2 is 2.07 bits per heavy atom. The Bertz CT molecular complexity index is 153. The molecule has 0 aromatic carbocycles. The lowest BCUT2D eigenvalue weighted by molar-refractivity contribution is 0.116. The molecular weight excluding hydrogens is 170 g/mol. The van der Waals surface area contributed by atoms with Gasteiger partial charge in [-0.15, -0.1) is 0 Å². The molecule has 0 aromatic heterocycles. The predicted molar refractivity (Wildman–Crippen MR) is 63.5 cm³/mol. The second kappa shape index (κ2) is 5.75. The molecule has 1 nitrogen and oxygen atoms in total. The highest BCUT2D eigenvalue weighted by Crippen LogP contribution is 2.25. The molecule has 14 heavy (non-hydrogen) atoms. The van der Waals surface area contributed by atoms with Gasteiger partial charge in [-0.25, -0.2) is 0 Å². The summed E-state index contributed by atoms with van der Waals surface area (Å²) in [5.74, 6) is 1.85. The topological polar surface area (TPSA) is 3.24 Å². The van der Waals surface area contributed by atoms with E-state index in [9.17, 15) is 0 Å². The maximum Gasteiger partial charge on any atom is 0.00695 e. The van der Waals surface area contributed by atoms with E-state index in [0.29, 0.717) is 0 Å². The average Bonchev–Trinajstić information content (AvgIpc) is 2.15. The van der Waals surface area contributed by atoms with E-state index in [1.165, 1.54) is 38.8 Å². The fraction of sp³-hybridized carbons (Fsp3) is 1.00. The van der Waals surface area contributed by atoms with E-state index in [-0.39, 0.29) is 0 Å². The number of rotatable bonds is 4. The fourth-order valence-electron chi connectivity index (χ4n) is 2.45. The highest BCUT2D eigenvalue weighted by atomic mass is 15.2. The lowest BCUT2D eigenvalue weighted by atomic mass is 9.89. The third kappa shape index (κ3) is 3.61. The molecule has 1 heterocycles. The Balaban J connectivity index is 2.27. The van der Waals surface area contributed by atoms with Gasteiger partial charge in [0.1, 0.15) is 0 Å². The van der Waals surface area contributed by atoms with Crippen molar-refractivity contribution in [3.8, 4) is 0 Å². The van der Waals surface area contributed by atoms with Crippen molar-refractivity contribution < 1.29 is 0 Å². The third-order valence-electron chi connectivity index (χ3n) is 3.69. The van der Waals surface area contributed by atoms with Crippen molar-refractivity contribution in [2.75, 3.05) is 13.1 Å². The van der Waals surface area contributed by atoms with Crippen molar-refractivity contribution in [1.29, 1.82) is 0 Å². The molecule has 84 valence electrons. The van der Waals surface area contributed by atoms with Gasteiger partial charge in [-0.2, -0.15) is 0 Å². The van der Waals surface area contributed by atoms with Crippen LogP contribution in [0.1, 0.15) is 53.4 Å². The minimum atomic E-state index is 0.826. The van der Waals surface area contributed by atoms with E-state index >= 15 is 0 Å². The quantitative estimate of drug-likeness (QED) is 0.666. The zero-order valence-electron chi connectivity index (χ0n) is 10.4. The Morgan fingerprint density at radius 1 is 1.36 bits per heavy atom. The molecule has 2 atom stereocenters. The highest BCUT2D eigenvalue weighted by molar-refractivity contribution is 4.78. The molecule has 0 amide bonds. The monoisotopic (exact) mass is 197 g/mol. The number of likely N-dealkylation sites (tertiary alicyclic amines) is 1. The normalized spacial score (nSPS) is 29.8. The predicted octanol–water partition coefficient (Wildman–Crippen LogP) is 3.54. The van der Waals surface area contributed by atoms with Gasteiger partial charge in [0.15, 0.2) is 0 Å². The van der Waals surface area contributed by atoms with Gasteiger partial charge in [0.05, 0.1) is 0 Å². The van der Waals surface area contributed by atoms with Gasteiger partial charge in [-0.3, -0.25) is 0 Å². The highest BCUT2D eigenvalue weighted by Gasteiger charge is 2.23. The Hall–Kier alpha value is -0.0400. The molecule has 0 N–H and O–H groups in total. The molecule has 1 unspecified atom stereocenters. The zero-order valence-corrected chi connectivity index (χ0v) is 10.4. The van der Waals surface area contributed by atoms with Gasteiger partial charge in [-0.05, 0) is 51.1 Å². The van der Waals surface area contributed by atoms with Crippen LogP contribution in [0.3, 0.4) is 0 Å². The second-order valence-electron chi connectivity index (χ2n) is 5.37. The van der Waals surface area contributed by atoms with Crippen LogP contribution < -0.4 is 0 Å². The van der Waals surface area contributed by atoms with Crippen LogP contribution in [0.15, 0.2) is 0 Å². The van der Waals surface area contributed by atoms with Crippen LogP contribution >= 0.6 is 0 Å². The van der Waals surface area contributed by atoms with Crippen LogP contribution in [-0.4, -0.2) is 24.0 Å². The lowest BCUT2D eigenvalue weighted by Crippen LogP contribution is -2.41. The molecule has 0 radical (unpaired) electrons. The number of hydrogen-bond acceptors (Lipinski definition) is 1. The first-order valence-corrected chi connectivity index (χ1v) is 6.37. The largest absolute Gasteiger partial charge is 0.301 e. The molecule has 0 spiro atoms. The summed E-state index contributed by atoms with van der Waals surface area (Å²) in [5.41, 5.74) is 0. The summed E-state index contributed by atoms with van der Waals surface area (Å²) in [5, 5.41) is 0. The molecule has 1 heteroatoms. The maximum atomic E-state index is 2.69. The molecule has 0 saturated carbocycles. The molecule has 1 aliphatic heterocycles. The van der Waals surface area contributed by atoms with Crippen molar-refractivity contribution >= 4 is 0 Å². The van der Waals surface area contributed by atoms with Crippen LogP contribution in [0, 0.1) is 11.8 Å². The molecular formula is C13H27N. The summed E-state index contributed by atoms with van der Waals surface area (Å²) < 4.78 is 0. The molecule has 0 aromatic rings. The van der Waals surface area contributed by atoms with E-state index in [1.807, 2.05) is 0 Å². The lowest BCUT2D eigenvalue weighted by Gasteiger charge is -2.37. The van der Waals surface area contributed by atoms with Crippen LogP contribution in [0.2, 0.25) is 0 Å². The molecule has 1 fully saturated rings. The van der Waals surface area contributed by atoms with Crippen LogP contribution in [0.5, 0.6) is 0 Å². The second-order valence-corrected chi connectivity index (χ2v) is 5.37. The van der Waals surface area contributed by atoms with Crippen molar-refractivity contribution in [3.63, 3.8) is 0 Å². The van der Waals surface area contributed by atoms with E-state index in [2.05, 4.69) is 32.6 Å². The van der Waals surface area contributed by atoms with Gasteiger partial charge >= 0.3 is 0 Å². The Morgan fingerprint density at radius 3 is 2.57 bits per heavy atom. The van der Waals surface area contributed by atoms with Crippen LogP contribution in [-0.2, 0) is 0 Å². The van der Waals surface area contributed by atoms with E-state index in [0.717, 1.165) is 17.9 Å². The third-order valence-corrected chi connectivity index (χ3v) is 3.69. The summed E-state index contributed by atoms with van der Waals surface area (Å²) in [6, 6.07) is 0.826. The molecule has 0 aliphatic carbocycles. The first-order chi connectivity index (χ1) is 6.63. The van der Waals surface area contributed by atoms with Gasteiger partial charge in [0, 0.05) is 6.04 Å². The Labute approximate surface area is 89.9 Å². The fourth-order valence-corrected chi connectivity index (χ4v) is 2.45. The van der Waals surface area contributed by atoms with Crippen molar-refractivity contribution in [2.45, 2.75) is 59.4 Å². The maximum absolute atomic E-state index is 2.69. The van der Waals surface area contributed by atoms with E-state index < -0.39 is 0 Å². The summed E-state index contributed by atoms with van der Waals surface area (Å²) in [7, 11) is 0. The number of nitrogens with zero attached hydrogens (tertiary/aromatic N) is 1. The van der Waals surface area contributed by atoms with Crippen LogP contribution in [0.25, 0.3) is 0 Å². The summed E-state index contributed by atoms with van der Waals surface area (Å²) >= 11 is 0. The number of piperidine rings is 1. The van der Waals surface area contributed by atoms with E-state index in [1.54, 1.807) is 0 Å². The van der Waals surface area contributed by atoms with Gasteiger partial charge in [0.2, 0.25) is 0 Å². The molecule has 1 saturated heterocycles. The first kappa shape index (κ1) is 12.0. The van der Waals surface area contributed by atoms with Gasteiger partial charge in [0.25, 0.3) is 0 Å². The average molecular weight is 197 g/mol. The van der Waals surface area contributed by atoms with Crippen molar-refractivity contribution in [3.05, 3.63) is 0 Å². The van der Waals surface area contributed by atoms with Crippen molar-refractivity contribution in [2.24, 2.45) is 11.8 Å². The smallest absolute Gasteiger partial charge is 0.00695 e. The van der Waals surface area contributed by atoms with Gasteiger partial charge in [-0.1, -0.05) is 27.2 Å². The summed E-state index contributed by atoms with van der Waals surface area (Å²) in [4.78, 5) is 2.69. The zero-order chi connectivity index (χ0) is 10.6. The van der Waals surface area contributed by atoms with E-state index in [4.69, 9.17) is 0 Å². The standard InChI is InChI=1S/C13H27N/c1-5-13-7-9-14(12(4)10-13)8-6-11(2)3/h11-13H,5-10H2,1-4H3/t12-,13?/m1/s1. The number of hydrogen-bond donors (Lipinski definition) is 0. The molecule has 1 aliphatic rings. The summed E-state index contributed by atoms with van der Waals surface area (Å²) in [6.07, 6.45) is 5.59. The first-order valence-electron chi connectivity index (χ1n) is 6.37.